The normalized spacial score (nSPS) is 20.8. The van der Waals surface area contributed by atoms with Crippen molar-refractivity contribution in [2.24, 2.45) is 0 Å². The molecular weight excluding hydrogens is 266 g/mol. The third-order valence-corrected chi connectivity index (χ3v) is 3.57. The third-order valence-electron chi connectivity index (χ3n) is 2.95. The van der Waals surface area contributed by atoms with Crippen LogP contribution in [0.15, 0.2) is 22.7 Å². The summed E-state index contributed by atoms with van der Waals surface area (Å²) in [6.45, 7) is 4.24. The average Bonchev–Trinajstić information content (AvgIpc) is 2.33. The molecule has 1 atom stereocenters. The van der Waals surface area contributed by atoms with Crippen molar-refractivity contribution in [1.29, 1.82) is 0 Å². The lowest BCUT2D eigenvalue weighted by Crippen LogP contribution is -2.37. The first kappa shape index (κ1) is 11.9. The Morgan fingerprint density at radius 1 is 1.50 bits per heavy atom. The molecule has 0 saturated carbocycles. The quantitative estimate of drug-likeness (QED) is 0.920. The van der Waals surface area contributed by atoms with Crippen LogP contribution < -0.4 is 10.1 Å². The van der Waals surface area contributed by atoms with E-state index in [1.807, 2.05) is 0 Å². The number of piperidine rings is 1. The van der Waals surface area contributed by atoms with Gasteiger partial charge in [0.25, 0.3) is 0 Å². The minimum atomic E-state index is 0.317. The largest absolute Gasteiger partial charge is 0.488 e. The van der Waals surface area contributed by atoms with E-state index in [0.717, 1.165) is 36.2 Å². The molecule has 1 aliphatic heterocycles. The fraction of sp³-hybridized carbons (Fsp3) is 0.538. The summed E-state index contributed by atoms with van der Waals surface area (Å²) < 4.78 is 7.04. The molecule has 0 radical (unpaired) electrons. The summed E-state index contributed by atoms with van der Waals surface area (Å²) in [7, 11) is 0. The topological polar surface area (TPSA) is 21.3 Å². The number of ether oxygens (including phenoxy) is 1. The number of nitrogens with one attached hydrogen (secondary N) is 1. The molecule has 88 valence electrons. The molecular formula is C13H18BrNO. The van der Waals surface area contributed by atoms with E-state index in [0.29, 0.717) is 6.10 Å². The lowest BCUT2D eigenvalue weighted by molar-refractivity contribution is 0.166. The molecule has 1 N–H and O–H groups in total. The van der Waals surface area contributed by atoms with Crippen molar-refractivity contribution < 1.29 is 4.74 Å². The number of aryl methyl sites for hydroxylation is 1. The minimum absolute atomic E-state index is 0.317. The number of rotatable bonds is 3. The summed E-state index contributed by atoms with van der Waals surface area (Å²) in [5, 5.41) is 3.36. The summed E-state index contributed by atoms with van der Waals surface area (Å²) in [4.78, 5) is 0. The van der Waals surface area contributed by atoms with Crippen LogP contribution in [-0.2, 0) is 6.42 Å². The van der Waals surface area contributed by atoms with Gasteiger partial charge in [-0.1, -0.05) is 13.0 Å². The molecule has 1 heterocycles. The highest BCUT2D eigenvalue weighted by Gasteiger charge is 2.15. The molecule has 1 saturated heterocycles. The zero-order chi connectivity index (χ0) is 11.4. The summed E-state index contributed by atoms with van der Waals surface area (Å²) >= 11 is 3.57. The number of halogens is 1. The van der Waals surface area contributed by atoms with Crippen LogP contribution in [0.1, 0.15) is 25.3 Å². The van der Waals surface area contributed by atoms with Gasteiger partial charge in [-0.05, 0) is 59.4 Å². The molecule has 1 aliphatic rings. The lowest BCUT2D eigenvalue weighted by atomic mass is 10.1. The van der Waals surface area contributed by atoms with Gasteiger partial charge in [0, 0.05) is 6.54 Å². The Morgan fingerprint density at radius 2 is 2.38 bits per heavy atom. The summed E-state index contributed by atoms with van der Waals surface area (Å²) in [5.41, 5.74) is 1.33. The number of benzene rings is 1. The third kappa shape index (κ3) is 2.98. The standard InChI is InChI=1S/C13H18BrNO/c1-2-10-5-6-13(12(14)8-10)16-11-4-3-7-15-9-11/h5-6,8,11,15H,2-4,7,9H2,1H3/t11-/m0/s1. The van der Waals surface area contributed by atoms with Gasteiger partial charge in [-0.25, -0.2) is 0 Å². The van der Waals surface area contributed by atoms with Crippen molar-refractivity contribution in [1.82, 2.24) is 5.32 Å². The number of hydrogen-bond acceptors (Lipinski definition) is 2. The molecule has 1 aromatic rings. The predicted molar refractivity (Wildman–Crippen MR) is 70.0 cm³/mol. The first-order valence-corrected chi connectivity index (χ1v) is 6.74. The van der Waals surface area contributed by atoms with E-state index in [-0.39, 0.29) is 0 Å². The monoisotopic (exact) mass is 283 g/mol. The van der Waals surface area contributed by atoms with E-state index in [1.165, 1.54) is 12.0 Å². The van der Waals surface area contributed by atoms with Crippen molar-refractivity contribution in [3.8, 4) is 5.75 Å². The van der Waals surface area contributed by atoms with E-state index in [9.17, 15) is 0 Å². The second-order valence-corrected chi connectivity index (χ2v) is 5.06. The molecule has 2 rings (SSSR count). The van der Waals surface area contributed by atoms with Crippen molar-refractivity contribution in [3.05, 3.63) is 28.2 Å². The average molecular weight is 284 g/mol. The Labute approximate surface area is 106 Å². The molecule has 0 aromatic heterocycles. The van der Waals surface area contributed by atoms with Crippen LogP contribution >= 0.6 is 15.9 Å². The van der Waals surface area contributed by atoms with Gasteiger partial charge in [0.15, 0.2) is 0 Å². The Morgan fingerprint density at radius 3 is 3.00 bits per heavy atom. The van der Waals surface area contributed by atoms with Crippen LogP contribution in [0, 0.1) is 0 Å². The van der Waals surface area contributed by atoms with Crippen LogP contribution in [0.3, 0.4) is 0 Å². The molecule has 16 heavy (non-hydrogen) atoms. The molecule has 0 spiro atoms. The first-order valence-electron chi connectivity index (χ1n) is 5.95. The smallest absolute Gasteiger partial charge is 0.133 e. The van der Waals surface area contributed by atoms with Gasteiger partial charge < -0.3 is 10.1 Å². The van der Waals surface area contributed by atoms with Crippen molar-refractivity contribution >= 4 is 15.9 Å². The maximum atomic E-state index is 5.98. The molecule has 3 heteroatoms. The van der Waals surface area contributed by atoms with Crippen molar-refractivity contribution in [3.63, 3.8) is 0 Å². The fourth-order valence-electron chi connectivity index (χ4n) is 1.96. The molecule has 1 aromatic carbocycles. The molecule has 0 bridgehead atoms. The fourth-order valence-corrected chi connectivity index (χ4v) is 2.48. The SMILES string of the molecule is CCc1ccc(O[C@H]2CCCNC2)c(Br)c1. The van der Waals surface area contributed by atoms with Crippen LogP contribution in [0.5, 0.6) is 5.75 Å². The molecule has 2 nitrogen and oxygen atoms in total. The van der Waals surface area contributed by atoms with Crippen molar-refractivity contribution in [2.45, 2.75) is 32.3 Å². The molecule has 1 fully saturated rings. The molecule has 0 unspecified atom stereocenters. The highest BCUT2D eigenvalue weighted by atomic mass is 79.9. The molecule has 0 amide bonds. The van der Waals surface area contributed by atoms with E-state index in [4.69, 9.17) is 4.74 Å². The predicted octanol–water partition coefficient (Wildman–Crippen LogP) is 3.14. The minimum Gasteiger partial charge on any atom is -0.488 e. The van der Waals surface area contributed by atoms with Gasteiger partial charge in [0.1, 0.15) is 11.9 Å². The van der Waals surface area contributed by atoms with E-state index < -0.39 is 0 Å². The summed E-state index contributed by atoms with van der Waals surface area (Å²) in [5.74, 6) is 0.964. The summed E-state index contributed by atoms with van der Waals surface area (Å²) in [6.07, 6.45) is 3.73. The van der Waals surface area contributed by atoms with E-state index in [1.54, 1.807) is 0 Å². The zero-order valence-corrected chi connectivity index (χ0v) is 11.2. The Kier molecular flexibility index (Phi) is 4.24. The second-order valence-electron chi connectivity index (χ2n) is 4.20. The van der Waals surface area contributed by atoms with Crippen molar-refractivity contribution in [2.75, 3.05) is 13.1 Å². The van der Waals surface area contributed by atoms with Crippen LogP contribution in [0.4, 0.5) is 0 Å². The first-order chi connectivity index (χ1) is 7.79. The highest BCUT2D eigenvalue weighted by Crippen LogP contribution is 2.28. The van der Waals surface area contributed by atoms with Gasteiger partial charge >= 0.3 is 0 Å². The highest BCUT2D eigenvalue weighted by molar-refractivity contribution is 9.10. The Balaban J connectivity index is 2.03. The van der Waals surface area contributed by atoms with Gasteiger partial charge in [-0.15, -0.1) is 0 Å². The summed E-state index contributed by atoms with van der Waals surface area (Å²) in [6, 6.07) is 6.35. The maximum absolute atomic E-state index is 5.98. The molecule has 0 aliphatic carbocycles. The van der Waals surface area contributed by atoms with Gasteiger partial charge in [0.2, 0.25) is 0 Å². The Bertz CT molecular complexity index is 348. The second kappa shape index (κ2) is 5.69. The van der Waals surface area contributed by atoms with Crippen LogP contribution in [-0.4, -0.2) is 19.2 Å². The van der Waals surface area contributed by atoms with E-state index >= 15 is 0 Å². The Hall–Kier alpha value is -0.540. The number of hydrogen-bond donors (Lipinski definition) is 1. The zero-order valence-electron chi connectivity index (χ0n) is 9.63. The van der Waals surface area contributed by atoms with E-state index in [2.05, 4.69) is 46.4 Å². The van der Waals surface area contributed by atoms with Gasteiger partial charge in [-0.2, -0.15) is 0 Å². The maximum Gasteiger partial charge on any atom is 0.133 e. The van der Waals surface area contributed by atoms with Crippen LogP contribution in [0.2, 0.25) is 0 Å². The van der Waals surface area contributed by atoms with Gasteiger partial charge in [-0.3, -0.25) is 0 Å². The van der Waals surface area contributed by atoms with Crippen LogP contribution in [0.25, 0.3) is 0 Å². The van der Waals surface area contributed by atoms with Gasteiger partial charge in [0.05, 0.1) is 4.47 Å². The lowest BCUT2D eigenvalue weighted by Gasteiger charge is -2.24.